The summed E-state index contributed by atoms with van der Waals surface area (Å²) in [5, 5.41) is 12.8. The van der Waals surface area contributed by atoms with Gasteiger partial charge in [0, 0.05) is 6.54 Å². The third kappa shape index (κ3) is 4.45. The molecule has 6 nitrogen and oxygen atoms in total. The van der Waals surface area contributed by atoms with Crippen molar-refractivity contribution in [2.24, 2.45) is 0 Å². The first kappa shape index (κ1) is 17.2. The second-order valence-corrected chi connectivity index (χ2v) is 6.38. The first-order valence-corrected chi connectivity index (χ1v) is 8.89. The SMILES string of the molecule is CCOc1ccc(CNC(=O)Cc2nnc(-c3sccc3C)o2)cc1. The number of rotatable bonds is 7. The zero-order valence-corrected chi connectivity index (χ0v) is 14.9. The molecule has 0 saturated carbocycles. The number of hydrogen-bond donors (Lipinski definition) is 1. The van der Waals surface area contributed by atoms with Crippen LogP contribution < -0.4 is 10.1 Å². The minimum atomic E-state index is -0.160. The number of ether oxygens (including phenoxy) is 1. The minimum absolute atomic E-state index is 0.0639. The molecule has 0 atom stereocenters. The molecule has 0 spiro atoms. The lowest BCUT2D eigenvalue weighted by Crippen LogP contribution is -2.24. The summed E-state index contributed by atoms with van der Waals surface area (Å²) in [6.45, 7) is 5.00. The van der Waals surface area contributed by atoms with Gasteiger partial charge < -0.3 is 14.5 Å². The fourth-order valence-corrected chi connectivity index (χ4v) is 3.12. The first-order chi connectivity index (χ1) is 12.2. The van der Waals surface area contributed by atoms with Gasteiger partial charge in [0.15, 0.2) is 0 Å². The highest BCUT2D eigenvalue weighted by Gasteiger charge is 2.14. The lowest BCUT2D eigenvalue weighted by atomic mass is 10.2. The van der Waals surface area contributed by atoms with Crippen LogP contribution in [0.2, 0.25) is 0 Å². The van der Waals surface area contributed by atoms with Crippen LogP contribution in [0.1, 0.15) is 23.9 Å². The number of benzene rings is 1. The summed E-state index contributed by atoms with van der Waals surface area (Å²) in [7, 11) is 0. The number of amides is 1. The van der Waals surface area contributed by atoms with Crippen LogP contribution in [0, 0.1) is 6.92 Å². The molecule has 3 aromatic rings. The molecule has 0 aliphatic carbocycles. The van der Waals surface area contributed by atoms with Gasteiger partial charge in [-0.25, -0.2) is 0 Å². The van der Waals surface area contributed by atoms with E-state index in [0.717, 1.165) is 21.8 Å². The summed E-state index contributed by atoms with van der Waals surface area (Å²) in [6.07, 6.45) is 0.0639. The van der Waals surface area contributed by atoms with Crippen LogP contribution in [-0.2, 0) is 17.8 Å². The Kier molecular flexibility index (Phi) is 5.45. The van der Waals surface area contributed by atoms with E-state index in [0.29, 0.717) is 24.9 Å². The Morgan fingerprint density at radius 3 is 2.72 bits per heavy atom. The van der Waals surface area contributed by atoms with Gasteiger partial charge >= 0.3 is 0 Å². The van der Waals surface area contributed by atoms with E-state index in [1.165, 1.54) is 11.3 Å². The van der Waals surface area contributed by atoms with Crippen molar-refractivity contribution in [2.75, 3.05) is 6.61 Å². The molecule has 1 aromatic carbocycles. The van der Waals surface area contributed by atoms with Gasteiger partial charge in [0.25, 0.3) is 5.89 Å². The summed E-state index contributed by atoms with van der Waals surface area (Å²) < 4.78 is 11.0. The third-order valence-electron chi connectivity index (χ3n) is 3.56. The van der Waals surface area contributed by atoms with Crippen LogP contribution in [0.4, 0.5) is 0 Å². The highest BCUT2D eigenvalue weighted by molar-refractivity contribution is 7.13. The zero-order valence-electron chi connectivity index (χ0n) is 14.1. The number of carbonyl (C=O) groups excluding carboxylic acids is 1. The highest BCUT2D eigenvalue weighted by Crippen LogP contribution is 2.27. The van der Waals surface area contributed by atoms with E-state index in [4.69, 9.17) is 9.15 Å². The largest absolute Gasteiger partial charge is 0.494 e. The van der Waals surface area contributed by atoms with Crippen LogP contribution in [0.3, 0.4) is 0 Å². The third-order valence-corrected chi connectivity index (χ3v) is 4.56. The molecule has 0 bridgehead atoms. The van der Waals surface area contributed by atoms with Crippen LogP contribution in [0.5, 0.6) is 5.75 Å². The Labute approximate surface area is 149 Å². The lowest BCUT2D eigenvalue weighted by molar-refractivity contribution is -0.120. The molecule has 3 rings (SSSR count). The van der Waals surface area contributed by atoms with Crippen molar-refractivity contribution in [1.82, 2.24) is 15.5 Å². The fourth-order valence-electron chi connectivity index (χ4n) is 2.28. The van der Waals surface area contributed by atoms with Crippen LogP contribution in [-0.4, -0.2) is 22.7 Å². The second-order valence-electron chi connectivity index (χ2n) is 5.46. The normalized spacial score (nSPS) is 10.6. The van der Waals surface area contributed by atoms with E-state index in [9.17, 15) is 4.79 Å². The van der Waals surface area contributed by atoms with Gasteiger partial charge in [-0.15, -0.1) is 21.5 Å². The van der Waals surface area contributed by atoms with E-state index in [1.54, 1.807) is 0 Å². The van der Waals surface area contributed by atoms with Crippen molar-refractivity contribution in [1.29, 1.82) is 0 Å². The van der Waals surface area contributed by atoms with Crippen molar-refractivity contribution in [2.45, 2.75) is 26.8 Å². The number of carbonyl (C=O) groups is 1. The topological polar surface area (TPSA) is 77.2 Å². The Morgan fingerprint density at radius 2 is 2.04 bits per heavy atom. The number of nitrogens with zero attached hydrogens (tertiary/aromatic N) is 2. The van der Waals surface area contributed by atoms with E-state index in [1.807, 2.05) is 49.6 Å². The maximum Gasteiger partial charge on any atom is 0.258 e. The smallest absolute Gasteiger partial charge is 0.258 e. The summed E-state index contributed by atoms with van der Waals surface area (Å²) in [5.74, 6) is 1.43. The van der Waals surface area contributed by atoms with Crippen molar-refractivity contribution >= 4 is 17.2 Å². The number of aryl methyl sites for hydroxylation is 1. The van der Waals surface area contributed by atoms with Gasteiger partial charge in [-0.2, -0.15) is 0 Å². The van der Waals surface area contributed by atoms with Gasteiger partial charge in [0.2, 0.25) is 11.8 Å². The van der Waals surface area contributed by atoms with Crippen LogP contribution in [0.25, 0.3) is 10.8 Å². The number of thiophene rings is 1. The van der Waals surface area contributed by atoms with E-state index >= 15 is 0 Å². The maximum atomic E-state index is 12.1. The Morgan fingerprint density at radius 1 is 1.24 bits per heavy atom. The van der Waals surface area contributed by atoms with Crippen molar-refractivity contribution in [3.63, 3.8) is 0 Å². The zero-order chi connectivity index (χ0) is 17.6. The molecule has 0 saturated heterocycles. The monoisotopic (exact) mass is 357 g/mol. The molecule has 0 fully saturated rings. The quantitative estimate of drug-likeness (QED) is 0.701. The van der Waals surface area contributed by atoms with Gasteiger partial charge in [-0.05, 0) is 48.6 Å². The Bertz CT molecular complexity index is 839. The van der Waals surface area contributed by atoms with E-state index in [2.05, 4.69) is 15.5 Å². The van der Waals surface area contributed by atoms with Gasteiger partial charge in [-0.1, -0.05) is 12.1 Å². The molecular weight excluding hydrogens is 338 g/mol. The minimum Gasteiger partial charge on any atom is -0.494 e. The molecule has 1 amide bonds. The van der Waals surface area contributed by atoms with Crippen LogP contribution >= 0.6 is 11.3 Å². The Hall–Kier alpha value is -2.67. The molecule has 0 aliphatic heterocycles. The summed E-state index contributed by atoms with van der Waals surface area (Å²) in [5.41, 5.74) is 2.08. The van der Waals surface area contributed by atoms with E-state index in [-0.39, 0.29) is 12.3 Å². The molecule has 2 heterocycles. The molecular formula is C18H19N3O3S. The van der Waals surface area contributed by atoms with Crippen LogP contribution in [0.15, 0.2) is 40.1 Å². The maximum absolute atomic E-state index is 12.1. The van der Waals surface area contributed by atoms with Gasteiger partial charge in [-0.3, -0.25) is 4.79 Å². The molecule has 130 valence electrons. The second kappa shape index (κ2) is 7.94. The van der Waals surface area contributed by atoms with Gasteiger partial charge in [0.05, 0.1) is 11.5 Å². The molecule has 0 radical (unpaired) electrons. The standard InChI is InChI=1S/C18H19N3O3S/c1-3-23-14-6-4-13(5-7-14)11-19-15(22)10-16-20-21-18(24-16)17-12(2)8-9-25-17/h4-9H,3,10-11H2,1-2H3,(H,19,22). The average molecular weight is 357 g/mol. The van der Waals surface area contributed by atoms with E-state index < -0.39 is 0 Å². The molecule has 0 aliphatic rings. The highest BCUT2D eigenvalue weighted by atomic mass is 32.1. The lowest BCUT2D eigenvalue weighted by Gasteiger charge is -2.06. The van der Waals surface area contributed by atoms with Gasteiger partial charge in [0.1, 0.15) is 12.2 Å². The van der Waals surface area contributed by atoms with Crippen molar-refractivity contribution < 1.29 is 13.9 Å². The summed E-state index contributed by atoms with van der Waals surface area (Å²) in [4.78, 5) is 13.0. The summed E-state index contributed by atoms with van der Waals surface area (Å²) >= 11 is 1.54. The average Bonchev–Trinajstić information content (AvgIpc) is 3.23. The van der Waals surface area contributed by atoms with Crippen molar-refractivity contribution in [3.05, 3.63) is 52.7 Å². The van der Waals surface area contributed by atoms with Crippen molar-refractivity contribution in [3.8, 4) is 16.5 Å². The fraction of sp³-hybridized carbons (Fsp3) is 0.278. The number of hydrogen-bond acceptors (Lipinski definition) is 6. The molecule has 0 unspecified atom stereocenters. The molecule has 2 aromatic heterocycles. The molecule has 1 N–H and O–H groups in total. The summed E-state index contributed by atoms with van der Waals surface area (Å²) in [6, 6.07) is 9.62. The molecule has 7 heteroatoms. The first-order valence-electron chi connectivity index (χ1n) is 8.01. The predicted molar refractivity (Wildman–Crippen MR) is 95.5 cm³/mol. The predicted octanol–water partition coefficient (Wildman–Crippen LogP) is 3.36. The number of nitrogens with one attached hydrogen (secondary N) is 1. The Balaban J connectivity index is 1.53. The molecule has 25 heavy (non-hydrogen) atoms. The number of aromatic nitrogens is 2.